The van der Waals surface area contributed by atoms with Gasteiger partial charge in [-0.15, -0.1) is 0 Å². The molecular weight excluding hydrogens is 499 g/mol. The number of hydrogen-bond acceptors (Lipinski definition) is 7. The summed E-state index contributed by atoms with van der Waals surface area (Å²) in [5.74, 6) is -0.446. The lowest BCUT2D eigenvalue weighted by molar-refractivity contribution is 0.102. The molecule has 1 fully saturated rings. The van der Waals surface area contributed by atoms with Gasteiger partial charge in [0.25, 0.3) is 5.91 Å². The minimum Gasteiger partial charge on any atom is -0.383 e. The molecule has 3 rings (SSSR count). The molecule has 0 aliphatic carbocycles. The van der Waals surface area contributed by atoms with E-state index in [4.69, 9.17) is 11.6 Å². The summed E-state index contributed by atoms with van der Waals surface area (Å²) in [5, 5.41) is 5.18. The van der Waals surface area contributed by atoms with E-state index in [1.807, 2.05) is 10.0 Å². The number of amidine groups is 1. The third-order valence-corrected chi connectivity index (χ3v) is 6.97. The van der Waals surface area contributed by atoms with Gasteiger partial charge in [0.15, 0.2) is 17.5 Å². The van der Waals surface area contributed by atoms with Crippen molar-refractivity contribution in [1.82, 2.24) is 5.32 Å². The van der Waals surface area contributed by atoms with Crippen LogP contribution in [0.25, 0.3) is 0 Å². The van der Waals surface area contributed by atoms with E-state index in [0.29, 0.717) is 6.07 Å². The zero-order chi connectivity index (χ0) is 26.5. The normalized spacial score (nSPS) is 15.0. The van der Waals surface area contributed by atoms with E-state index < -0.39 is 44.8 Å². The Morgan fingerprint density at radius 2 is 1.81 bits per heavy atom. The maximum atomic E-state index is 15.0. The van der Waals surface area contributed by atoms with Gasteiger partial charge in [-0.05, 0) is 44.5 Å². The average Bonchev–Trinajstić information content (AvgIpc) is 2.84. The number of aliphatic imine (C=N–C) groups is 1. The number of halogens is 3. The number of anilines is 3. The number of carbonyl (C=O) groups excluding carboxylic acids is 1. The molecule has 1 heterocycles. The zero-order valence-corrected chi connectivity index (χ0v) is 20.3. The van der Waals surface area contributed by atoms with Gasteiger partial charge in [0.1, 0.15) is 11.5 Å². The van der Waals surface area contributed by atoms with Crippen LogP contribution in [0.3, 0.4) is 0 Å². The highest BCUT2D eigenvalue weighted by Gasteiger charge is 2.25. The summed E-state index contributed by atoms with van der Waals surface area (Å²) in [7, 11) is -4.02. The summed E-state index contributed by atoms with van der Waals surface area (Å²) in [5.41, 5.74) is 6.67. The Morgan fingerprint density at radius 1 is 1.14 bits per heavy atom. The highest BCUT2D eigenvalue weighted by molar-refractivity contribution is 7.92. The number of piperidine rings is 1. The molecule has 0 atom stereocenters. The predicted octanol–water partition coefficient (Wildman–Crippen LogP) is 2.25. The van der Waals surface area contributed by atoms with Crippen molar-refractivity contribution in [2.24, 2.45) is 16.6 Å². The van der Waals surface area contributed by atoms with Crippen LogP contribution in [0.1, 0.15) is 42.1 Å². The standard InChI is InChI=1S/C22H28F3N7O3S/c1-2-10-36(34,35)32-16-11-15(23)17(24)20(18(16)25)30-22(33)14-5-3-4-13(19(14)31-27)21(26)29-12-6-8-28-9-7-12/h3-5,11-12,28,31-32H,2,6-10,27H2,1H3,(H2,26,29)(H,30,33). The Balaban J connectivity index is 1.95. The fourth-order valence-corrected chi connectivity index (χ4v) is 4.89. The lowest BCUT2D eigenvalue weighted by Gasteiger charge is -2.20. The Morgan fingerprint density at radius 3 is 2.44 bits per heavy atom. The van der Waals surface area contributed by atoms with Gasteiger partial charge in [0, 0.05) is 11.6 Å². The number of sulfonamides is 1. The van der Waals surface area contributed by atoms with Crippen molar-refractivity contribution in [2.45, 2.75) is 32.2 Å². The molecule has 0 unspecified atom stereocenters. The van der Waals surface area contributed by atoms with Crippen LogP contribution in [0.4, 0.5) is 30.2 Å². The second-order valence-corrected chi connectivity index (χ2v) is 9.99. The third-order valence-electron chi connectivity index (χ3n) is 5.49. The van der Waals surface area contributed by atoms with E-state index in [2.05, 4.69) is 15.7 Å². The molecule has 196 valence electrons. The van der Waals surface area contributed by atoms with Crippen LogP contribution < -0.4 is 32.4 Å². The van der Waals surface area contributed by atoms with Gasteiger partial charge in [0.2, 0.25) is 10.0 Å². The number of nitrogens with zero attached hydrogens (tertiary/aromatic N) is 1. The van der Waals surface area contributed by atoms with E-state index in [1.165, 1.54) is 12.1 Å². The van der Waals surface area contributed by atoms with Crippen molar-refractivity contribution in [1.29, 1.82) is 0 Å². The number of para-hydroxylation sites is 1. The number of rotatable bonds is 9. The molecule has 8 N–H and O–H groups in total. The summed E-state index contributed by atoms with van der Waals surface area (Å²) in [6.07, 6.45) is 1.75. The van der Waals surface area contributed by atoms with Crippen LogP contribution in [0.5, 0.6) is 0 Å². The Labute approximate surface area is 206 Å². The maximum Gasteiger partial charge on any atom is 0.257 e. The highest BCUT2D eigenvalue weighted by Crippen LogP contribution is 2.31. The van der Waals surface area contributed by atoms with Gasteiger partial charge < -0.3 is 21.8 Å². The van der Waals surface area contributed by atoms with Crippen molar-refractivity contribution in [3.8, 4) is 0 Å². The zero-order valence-electron chi connectivity index (χ0n) is 19.5. The highest BCUT2D eigenvalue weighted by atomic mass is 32.2. The molecule has 0 bridgehead atoms. The number of hydrazine groups is 1. The summed E-state index contributed by atoms with van der Waals surface area (Å²) in [4.78, 5) is 17.5. The molecule has 2 aromatic carbocycles. The van der Waals surface area contributed by atoms with Crippen LogP contribution in [-0.2, 0) is 10.0 Å². The first-order chi connectivity index (χ1) is 17.1. The fourth-order valence-electron chi connectivity index (χ4n) is 3.77. The molecule has 14 heteroatoms. The van der Waals surface area contributed by atoms with E-state index in [-0.39, 0.29) is 40.9 Å². The van der Waals surface area contributed by atoms with Crippen molar-refractivity contribution in [2.75, 3.05) is 34.3 Å². The number of amides is 1. The van der Waals surface area contributed by atoms with Crippen molar-refractivity contribution >= 4 is 38.8 Å². The summed E-state index contributed by atoms with van der Waals surface area (Å²) in [6.45, 7) is 3.15. The number of nitrogens with two attached hydrogens (primary N) is 2. The molecule has 0 aromatic heterocycles. The number of carbonyl (C=O) groups is 1. The van der Waals surface area contributed by atoms with Crippen LogP contribution in [0, 0.1) is 17.5 Å². The van der Waals surface area contributed by atoms with Gasteiger partial charge in [0.05, 0.1) is 28.7 Å². The third kappa shape index (κ3) is 6.25. The Kier molecular flexibility index (Phi) is 8.76. The number of nitrogen functional groups attached to an aromatic ring is 1. The fraction of sp³-hybridized carbons (Fsp3) is 0.364. The first kappa shape index (κ1) is 27.2. The molecule has 1 aliphatic rings. The lowest BCUT2D eigenvalue weighted by atomic mass is 10.0. The van der Waals surface area contributed by atoms with Crippen LogP contribution in [0.15, 0.2) is 29.3 Å². The molecule has 0 saturated carbocycles. The van der Waals surface area contributed by atoms with Gasteiger partial charge in [-0.25, -0.2) is 21.6 Å². The summed E-state index contributed by atoms with van der Waals surface area (Å²) in [6, 6.07) is 4.68. The predicted molar refractivity (Wildman–Crippen MR) is 133 cm³/mol. The first-order valence-corrected chi connectivity index (χ1v) is 12.9. The van der Waals surface area contributed by atoms with E-state index in [0.717, 1.165) is 25.9 Å². The quantitative estimate of drug-likeness (QED) is 0.0957. The van der Waals surface area contributed by atoms with Gasteiger partial charge in [-0.3, -0.25) is 20.4 Å². The van der Waals surface area contributed by atoms with E-state index in [1.54, 1.807) is 13.0 Å². The largest absolute Gasteiger partial charge is 0.383 e. The molecule has 0 radical (unpaired) electrons. The molecule has 1 amide bonds. The molecular formula is C22H28F3N7O3S. The summed E-state index contributed by atoms with van der Waals surface area (Å²) < 4.78 is 69.5. The molecule has 1 saturated heterocycles. The minimum atomic E-state index is -4.02. The second-order valence-electron chi connectivity index (χ2n) is 8.15. The van der Waals surface area contributed by atoms with Crippen molar-refractivity contribution in [3.63, 3.8) is 0 Å². The van der Waals surface area contributed by atoms with E-state index >= 15 is 0 Å². The van der Waals surface area contributed by atoms with E-state index in [9.17, 15) is 26.4 Å². The van der Waals surface area contributed by atoms with Crippen LogP contribution in [-0.4, -0.2) is 45.0 Å². The molecule has 36 heavy (non-hydrogen) atoms. The minimum absolute atomic E-state index is 0.0280. The smallest absolute Gasteiger partial charge is 0.257 e. The number of benzene rings is 2. The van der Waals surface area contributed by atoms with Crippen LogP contribution >= 0.6 is 0 Å². The first-order valence-electron chi connectivity index (χ1n) is 11.2. The average molecular weight is 528 g/mol. The number of nitrogens with one attached hydrogen (secondary N) is 4. The monoisotopic (exact) mass is 527 g/mol. The molecule has 10 nitrogen and oxygen atoms in total. The maximum absolute atomic E-state index is 15.0. The Hall–Kier alpha value is -3.36. The number of hydrogen-bond donors (Lipinski definition) is 6. The van der Waals surface area contributed by atoms with Crippen molar-refractivity contribution < 1.29 is 26.4 Å². The molecule has 2 aromatic rings. The second kappa shape index (κ2) is 11.6. The van der Waals surface area contributed by atoms with Gasteiger partial charge in [-0.2, -0.15) is 0 Å². The van der Waals surface area contributed by atoms with Crippen LogP contribution in [0.2, 0.25) is 0 Å². The Bertz CT molecular complexity index is 1270. The van der Waals surface area contributed by atoms with Gasteiger partial charge >= 0.3 is 0 Å². The molecule has 0 spiro atoms. The molecule has 1 aliphatic heterocycles. The topological polar surface area (TPSA) is 164 Å². The van der Waals surface area contributed by atoms with Gasteiger partial charge in [-0.1, -0.05) is 13.0 Å². The summed E-state index contributed by atoms with van der Waals surface area (Å²) >= 11 is 0. The van der Waals surface area contributed by atoms with Crippen molar-refractivity contribution in [3.05, 3.63) is 52.8 Å². The SMILES string of the molecule is CCCS(=O)(=O)Nc1cc(F)c(F)c(NC(=O)c2cccc(C(N)=NC3CCNCC3)c2NN)c1F. The lowest BCUT2D eigenvalue weighted by Crippen LogP contribution is -2.32.